The van der Waals surface area contributed by atoms with Crippen LogP contribution in [-0.2, 0) is 11.2 Å². The molecule has 2 aromatic rings. The van der Waals surface area contributed by atoms with E-state index < -0.39 is 0 Å². The highest BCUT2D eigenvalue weighted by molar-refractivity contribution is 5.85. The van der Waals surface area contributed by atoms with Crippen LogP contribution in [0.2, 0.25) is 0 Å². The maximum Gasteiger partial charge on any atom is 0.224 e. The van der Waals surface area contributed by atoms with Crippen molar-refractivity contribution >= 4 is 16.8 Å². The second kappa shape index (κ2) is 8.34. The summed E-state index contributed by atoms with van der Waals surface area (Å²) in [5, 5.41) is 4.36. The molecule has 0 radical (unpaired) electrons. The minimum absolute atomic E-state index is 0.155. The van der Waals surface area contributed by atoms with Gasteiger partial charge in [0.1, 0.15) is 5.75 Å². The van der Waals surface area contributed by atoms with E-state index in [1.165, 1.54) is 43.2 Å². The molecule has 2 fully saturated rings. The summed E-state index contributed by atoms with van der Waals surface area (Å²) in [5.41, 5.74) is 2.33. The Kier molecular flexibility index (Phi) is 5.67. The molecule has 1 amide bonds. The quantitative estimate of drug-likeness (QED) is 0.819. The molecule has 1 saturated carbocycles. The summed E-state index contributed by atoms with van der Waals surface area (Å²) in [5.74, 6) is 1.25. The van der Waals surface area contributed by atoms with E-state index in [0.29, 0.717) is 6.54 Å². The van der Waals surface area contributed by atoms with Gasteiger partial charge >= 0.3 is 0 Å². The molecule has 0 spiro atoms. The first-order valence-corrected chi connectivity index (χ1v) is 10.4. The predicted octanol–water partition coefficient (Wildman–Crippen LogP) is 3.49. The van der Waals surface area contributed by atoms with E-state index >= 15 is 0 Å². The van der Waals surface area contributed by atoms with Gasteiger partial charge < -0.3 is 15.0 Å². The van der Waals surface area contributed by atoms with Gasteiger partial charge in [-0.05, 0) is 62.4 Å². The lowest BCUT2D eigenvalue weighted by molar-refractivity contribution is -0.127. The van der Waals surface area contributed by atoms with Crippen LogP contribution in [0.3, 0.4) is 0 Å². The molecule has 1 aromatic heterocycles. The van der Waals surface area contributed by atoms with Crippen LogP contribution in [0, 0.1) is 5.92 Å². The molecule has 5 nitrogen and oxygen atoms in total. The number of rotatable bonds is 6. The Labute approximate surface area is 161 Å². The van der Waals surface area contributed by atoms with Crippen LogP contribution in [0.15, 0.2) is 24.4 Å². The standard InChI is InChI=1S/C22H31N3O2/c1-27-19-8-9-21-20(13-19)16(14-24-21)10-11-23-22(26)17-5-4-12-25(15-17)18-6-2-3-7-18/h8-9,13-14,17-18,24H,2-7,10-12,15H2,1H3,(H,23,26). The molecule has 1 unspecified atom stereocenters. The van der Waals surface area contributed by atoms with E-state index in [0.717, 1.165) is 43.1 Å². The Balaban J connectivity index is 1.30. The topological polar surface area (TPSA) is 57.4 Å². The van der Waals surface area contributed by atoms with Gasteiger partial charge in [0.15, 0.2) is 0 Å². The molecule has 1 atom stereocenters. The Hall–Kier alpha value is -2.01. The molecule has 2 aliphatic rings. The molecule has 0 bridgehead atoms. The third-order valence-corrected chi connectivity index (χ3v) is 6.33. The molecule has 146 valence electrons. The normalized spacial score (nSPS) is 21.6. The minimum atomic E-state index is 0.155. The number of aromatic amines is 1. The van der Waals surface area contributed by atoms with E-state index in [1.54, 1.807) is 7.11 Å². The van der Waals surface area contributed by atoms with Crippen molar-refractivity contribution in [2.75, 3.05) is 26.7 Å². The van der Waals surface area contributed by atoms with Crippen molar-refractivity contribution in [1.29, 1.82) is 0 Å². The van der Waals surface area contributed by atoms with Crippen LogP contribution >= 0.6 is 0 Å². The van der Waals surface area contributed by atoms with Crippen molar-refractivity contribution in [3.05, 3.63) is 30.0 Å². The van der Waals surface area contributed by atoms with Gasteiger partial charge in [-0.3, -0.25) is 9.69 Å². The molecule has 4 rings (SSSR count). The number of benzene rings is 1. The van der Waals surface area contributed by atoms with Crippen LogP contribution in [0.25, 0.3) is 10.9 Å². The van der Waals surface area contributed by atoms with Gasteiger partial charge in [-0.15, -0.1) is 0 Å². The van der Waals surface area contributed by atoms with Gasteiger partial charge in [0.25, 0.3) is 0 Å². The third-order valence-electron chi connectivity index (χ3n) is 6.33. The van der Waals surface area contributed by atoms with E-state index in [2.05, 4.69) is 21.3 Å². The largest absolute Gasteiger partial charge is 0.497 e. The second-order valence-corrected chi connectivity index (χ2v) is 8.04. The SMILES string of the molecule is COc1ccc2[nH]cc(CCNC(=O)C3CCCN(C4CCCC4)C3)c2c1. The number of carbonyl (C=O) groups is 1. The highest BCUT2D eigenvalue weighted by Crippen LogP contribution is 2.28. The summed E-state index contributed by atoms with van der Waals surface area (Å²) < 4.78 is 5.33. The number of aromatic nitrogens is 1. The zero-order valence-electron chi connectivity index (χ0n) is 16.3. The summed E-state index contributed by atoms with van der Waals surface area (Å²) >= 11 is 0. The minimum Gasteiger partial charge on any atom is -0.497 e. The number of nitrogens with zero attached hydrogens (tertiary/aromatic N) is 1. The lowest BCUT2D eigenvalue weighted by atomic mass is 9.95. The van der Waals surface area contributed by atoms with E-state index in [4.69, 9.17) is 4.74 Å². The zero-order valence-corrected chi connectivity index (χ0v) is 16.3. The zero-order chi connectivity index (χ0) is 18.6. The third kappa shape index (κ3) is 4.13. The molecular weight excluding hydrogens is 338 g/mol. The maximum absolute atomic E-state index is 12.7. The van der Waals surface area contributed by atoms with Crippen molar-refractivity contribution in [3.8, 4) is 5.75 Å². The molecule has 2 heterocycles. The van der Waals surface area contributed by atoms with Crippen molar-refractivity contribution in [2.45, 2.75) is 51.0 Å². The van der Waals surface area contributed by atoms with E-state index in [1.807, 2.05) is 18.3 Å². The number of nitrogens with one attached hydrogen (secondary N) is 2. The van der Waals surface area contributed by atoms with Gasteiger partial charge in [0, 0.05) is 36.2 Å². The average molecular weight is 370 g/mol. The lowest BCUT2D eigenvalue weighted by Gasteiger charge is -2.36. The van der Waals surface area contributed by atoms with Gasteiger partial charge in [-0.2, -0.15) is 0 Å². The van der Waals surface area contributed by atoms with Gasteiger partial charge in [0.2, 0.25) is 5.91 Å². The van der Waals surface area contributed by atoms with Crippen molar-refractivity contribution in [1.82, 2.24) is 15.2 Å². The monoisotopic (exact) mass is 369 g/mol. The second-order valence-electron chi connectivity index (χ2n) is 8.04. The van der Waals surface area contributed by atoms with Gasteiger partial charge in [-0.25, -0.2) is 0 Å². The summed E-state index contributed by atoms with van der Waals surface area (Å²) in [6, 6.07) is 6.78. The smallest absolute Gasteiger partial charge is 0.224 e. The Morgan fingerprint density at radius 1 is 1.26 bits per heavy atom. The molecule has 5 heteroatoms. The van der Waals surface area contributed by atoms with E-state index in [-0.39, 0.29) is 11.8 Å². The molecule has 1 saturated heterocycles. The first kappa shape index (κ1) is 18.4. The van der Waals surface area contributed by atoms with E-state index in [9.17, 15) is 4.79 Å². The molecule has 27 heavy (non-hydrogen) atoms. The summed E-state index contributed by atoms with van der Waals surface area (Å²) in [7, 11) is 1.69. The summed E-state index contributed by atoms with van der Waals surface area (Å²) in [6.07, 6.45) is 10.4. The van der Waals surface area contributed by atoms with Crippen LogP contribution in [0.1, 0.15) is 44.1 Å². The van der Waals surface area contributed by atoms with Crippen molar-refractivity contribution < 1.29 is 9.53 Å². The number of H-pyrrole nitrogens is 1. The molecule has 1 aliphatic heterocycles. The number of hydrogen-bond donors (Lipinski definition) is 2. The number of methoxy groups -OCH3 is 1. The molecule has 1 aliphatic carbocycles. The Bertz CT molecular complexity index is 779. The van der Waals surface area contributed by atoms with Crippen molar-refractivity contribution in [3.63, 3.8) is 0 Å². The number of amides is 1. The number of carbonyl (C=O) groups excluding carboxylic acids is 1. The molecular formula is C22H31N3O2. The molecule has 1 aromatic carbocycles. The highest BCUT2D eigenvalue weighted by atomic mass is 16.5. The average Bonchev–Trinajstić information content (AvgIpc) is 3.38. The van der Waals surface area contributed by atoms with Gasteiger partial charge in [0.05, 0.1) is 13.0 Å². The fourth-order valence-electron chi connectivity index (χ4n) is 4.78. The number of piperidine rings is 1. The fourth-order valence-corrected chi connectivity index (χ4v) is 4.78. The number of fused-ring (bicyclic) bond motifs is 1. The summed E-state index contributed by atoms with van der Waals surface area (Å²) in [6.45, 7) is 2.80. The van der Waals surface area contributed by atoms with Crippen LogP contribution < -0.4 is 10.1 Å². The number of ether oxygens (including phenoxy) is 1. The highest BCUT2D eigenvalue weighted by Gasteiger charge is 2.30. The predicted molar refractivity (Wildman–Crippen MR) is 108 cm³/mol. The first-order chi connectivity index (χ1) is 13.2. The lowest BCUT2D eigenvalue weighted by Crippen LogP contribution is -2.46. The number of likely N-dealkylation sites (tertiary alicyclic amines) is 1. The Morgan fingerprint density at radius 3 is 2.93 bits per heavy atom. The van der Waals surface area contributed by atoms with Crippen LogP contribution in [0.4, 0.5) is 0 Å². The number of hydrogen-bond acceptors (Lipinski definition) is 3. The molecule has 2 N–H and O–H groups in total. The van der Waals surface area contributed by atoms with Gasteiger partial charge in [-0.1, -0.05) is 12.8 Å². The maximum atomic E-state index is 12.7. The first-order valence-electron chi connectivity index (χ1n) is 10.4. The summed E-state index contributed by atoms with van der Waals surface area (Å²) in [4.78, 5) is 18.6. The van der Waals surface area contributed by atoms with Crippen molar-refractivity contribution in [2.24, 2.45) is 5.92 Å². The fraction of sp³-hybridized carbons (Fsp3) is 0.591. The van der Waals surface area contributed by atoms with Crippen LogP contribution in [0.5, 0.6) is 5.75 Å². The van der Waals surface area contributed by atoms with Crippen LogP contribution in [-0.4, -0.2) is 48.6 Å². The Morgan fingerprint density at radius 2 is 2.11 bits per heavy atom.